The first kappa shape index (κ1) is 25.2. The molecular weight excluding hydrogens is 405 g/mol. The smallest absolute Gasteiger partial charge is 0.121 e. The molecule has 0 amide bonds. The third-order valence-electron chi connectivity index (χ3n) is 5.49. The van der Waals surface area contributed by atoms with Crippen molar-refractivity contribution in [2.24, 2.45) is 0 Å². The van der Waals surface area contributed by atoms with Crippen LogP contribution in [0, 0.1) is 20.8 Å². The first-order chi connectivity index (χ1) is 12.9. The van der Waals surface area contributed by atoms with Crippen molar-refractivity contribution in [1.29, 1.82) is 0 Å². The van der Waals surface area contributed by atoms with Crippen molar-refractivity contribution in [2.75, 3.05) is 31.5 Å². The van der Waals surface area contributed by atoms with Gasteiger partial charge in [0.1, 0.15) is 5.75 Å². The second-order valence-corrected chi connectivity index (χ2v) is 7.30. The highest BCUT2D eigenvalue weighted by molar-refractivity contribution is 5.92. The monoisotopic (exact) mass is 437 g/mol. The number of anilines is 1. The van der Waals surface area contributed by atoms with E-state index in [0.29, 0.717) is 5.75 Å². The maximum Gasteiger partial charge on any atom is 0.121 e. The number of aromatic nitrogens is 1. The highest BCUT2D eigenvalue weighted by atomic mass is 35.5. The number of hydrogen-bond acceptors (Lipinski definition) is 3. The van der Waals surface area contributed by atoms with Gasteiger partial charge in [-0.3, -0.25) is 0 Å². The molecule has 0 bridgehead atoms. The van der Waals surface area contributed by atoms with Crippen LogP contribution in [-0.2, 0) is 0 Å². The minimum Gasteiger partial charge on any atom is -0.507 e. The van der Waals surface area contributed by atoms with Crippen LogP contribution in [0.4, 0.5) is 5.69 Å². The molecule has 160 valence electrons. The van der Waals surface area contributed by atoms with E-state index in [2.05, 4.69) is 54.2 Å². The van der Waals surface area contributed by atoms with Crippen molar-refractivity contribution >= 4 is 41.4 Å². The van der Waals surface area contributed by atoms with Gasteiger partial charge in [-0.05, 0) is 86.4 Å². The van der Waals surface area contributed by atoms with Crippen LogP contribution in [0.5, 0.6) is 5.75 Å². The molecule has 1 aromatic heterocycles. The molecule has 0 spiro atoms. The lowest BCUT2D eigenvalue weighted by Crippen LogP contribution is -2.28. The maximum absolute atomic E-state index is 10.1. The molecule has 6 heteroatoms. The van der Waals surface area contributed by atoms with E-state index in [1.165, 1.54) is 10.9 Å². The molecule has 0 aliphatic carbocycles. The van der Waals surface area contributed by atoms with Gasteiger partial charge in [-0.25, -0.2) is 0 Å². The second kappa shape index (κ2) is 10.8. The standard InChI is InChI=1S/C23H31N3O.2ClH/c1-6-26(7-2)11-10-24-19-8-9-21-20(14-19)17(5)22(25-21)18-12-15(3)23(27)16(4)13-18;;/h8-9,12-14,24-25,27H,6-7,10-11H2,1-5H3;2*1H. The van der Waals surface area contributed by atoms with Gasteiger partial charge < -0.3 is 20.3 Å². The van der Waals surface area contributed by atoms with Crippen molar-refractivity contribution in [3.05, 3.63) is 47.0 Å². The van der Waals surface area contributed by atoms with Crippen LogP contribution in [0.2, 0.25) is 0 Å². The number of benzene rings is 2. The number of rotatable bonds is 7. The highest BCUT2D eigenvalue weighted by Gasteiger charge is 2.13. The molecule has 0 radical (unpaired) electrons. The summed E-state index contributed by atoms with van der Waals surface area (Å²) in [5.41, 5.74) is 7.58. The summed E-state index contributed by atoms with van der Waals surface area (Å²) < 4.78 is 0. The Hall–Kier alpha value is -1.88. The van der Waals surface area contributed by atoms with Crippen molar-refractivity contribution < 1.29 is 5.11 Å². The lowest BCUT2D eigenvalue weighted by molar-refractivity contribution is 0.316. The van der Waals surface area contributed by atoms with Gasteiger partial charge in [0.2, 0.25) is 0 Å². The van der Waals surface area contributed by atoms with Crippen LogP contribution in [-0.4, -0.2) is 41.2 Å². The van der Waals surface area contributed by atoms with Crippen LogP contribution in [0.3, 0.4) is 0 Å². The number of likely N-dealkylation sites (N-methyl/N-ethyl adjacent to an activating group) is 1. The number of aromatic amines is 1. The summed E-state index contributed by atoms with van der Waals surface area (Å²) in [5.74, 6) is 0.382. The predicted molar refractivity (Wildman–Crippen MR) is 130 cm³/mol. The summed E-state index contributed by atoms with van der Waals surface area (Å²) in [4.78, 5) is 5.97. The van der Waals surface area contributed by atoms with E-state index in [1.807, 2.05) is 26.0 Å². The predicted octanol–water partition coefficient (Wildman–Crippen LogP) is 6.06. The van der Waals surface area contributed by atoms with Crippen molar-refractivity contribution in [1.82, 2.24) is 9.88 Å². The van der Waals surface area contributed by atoms with Gasteiger partial charge in [0.15, 0.2) is 0 Å². The molecule has 3 N–H and O–H groups in total. The molecule has 4 nitrogen and oxygen atoms in total. The average Bonchev–Trinajstić information content (AvgIpc) is 2.99. The molecule has 2 aromatic carbocycles. The third-order valence-corrected chi connectivity index (χ3v) is 5.49. The summed E-state index contributed by atoms with van der Waals surface area (Å²) >= 11 is 0. The molecule has 0 atom stereocenters. The zero-order valence-electron chi connectivity index (χ0n) is 17.9. The maximum atomic E-state index is 10.1. The van der Waals surface area contributed by atoms with Gasteiger partial charge >= 0.3 is 0 Å². The molecule has 3 rings (SSSR count). The Bertz CT molecular complexity index is 926. The van der Waals surface area contributed by atoms with Gasteiger partial charge in [-0.15, -0.1) is 24.8 Å². The number of nitrogens with one attached hydrogen (secondary N) is 2. The normalized spacial score (nSPS) is 10.7. The Balaban J connectivity index is 0.00000210. The number of hydrogen-bond donors (Lipinski definition) is 3. The average molecular weight is 438 g/mol. The number of aromatic hydroxyl groups is 1. The van der Waals surface area contributed by atoms with E-state index < -0.39 is 0 Å². The lowest BCUT2D eigenvalue weighted by atomic mass is 10.0. The van der Waals surface area contributed by atoms with E-state index in [0.717, 1.165) is 59.8 Å². The Morgan fingerprint density at radius 1 is 0.966 bits per heavy atom. The van der Waals surface area contributed by atoms with E-state index in [4.69, 9.17) is 0 Å². The fraction of sp³-hybridized carbons (Fsp3) is 0.391. The van der Waals surface area contributed by atoms with E-state index >= 15 is 0 Å². The van der Waals surface area contributed by atoms with Gasteiger partial charge in [-0.2, -0.15) is 0 Å². The molecule has 0 unspecified atom stereocenters. The largest absolute Gasteiger partial charge is 0.507 e. The zero-order valence-corrected chi connectivity index (χ0v) is 19.6. The zero-order chi connectivity index (χ0) is 19.6. The molecule has 0 saturated heterocycles. The van der Waals surface area contributed by atoms with E-state index in [-0.39, 0.29) is 24.8 Å². The van der Waals surface area contributed by atoms with Crippen LogP contribution in [0.15, 0.2) is 30.3 Å². The van der Waals surface area contributed by atoms with Crippen LogP contribution < -0.4 is 5.32 Å². The summed E-state index contributed by atoms with van der Waals surface area (Å²) in [5, 5.41) is 14.8. The number of H-pyrrole nitrogens is 1. The molecule has 3 aromatic rings. The van der Waals surface area contributed by atoms with Crippen LogP contribution in [0.25, 0.3) is 22.2 Å². The Morgan fingerprint density at radius 3 is 2.17 bits per heavy atom. The fourth-order valence-electron chi connectivity index (χ4n) is 3.72. The topological polar surface area (TPSA) is 51.3 Å². The molecule has 0 saturated carbocycles. The summed E-state index contributed by atoms with van der Waals surface area (Å²) in [6.45, 7) is 14.6. The number of fused-ring (bicyclic) bond motifs is 1. The Labute approximate surface area is 186 Å². The van der Waals surface area contributed by atoms with Crippen molar-refractivity contribution in [3.8, 4) is 17.0 Å². The number of phenolic OH excluding ortho intramolecular Hbond substituents is 1. The number of halogens is 2. The molecular formula is C23H33Cl2N3O. The third kappa shape index (κ3) is 5.39. The Morgan fingerprint density at radius 2 is 1.59 bits per heavy atom. The van der Waals surface area contributed by atoms with E-state index in [1.54, 1.807) is 0 Å². The first-order valence-corrected chi connectivity index (χ1v) is 9.83. The van der Waals surface area contributed by atoms with Gasteiger partial charge in [-0.1, -0.05) is 13.8 Å². The summed E-state index contributed by atoms with van der Waals surface area (Å²) in [6, 6.07) is 10.6. The minimum atomic E-state index is 0. The van der Waals surface area contributed by atoms with Crippen LogP contribution in [0.1, 0.15) is 30.5 Å². The number of phenols is 1. The number of nitrogens with zero attached hydrogens (tertiary/aromatic N) is 1. The molecule has 29 heavy (non-hydrogen) atoms. The van der Waals surface area contributed by atoms with E-state index in [9.17, 15) is 5.11 Å². The summed E-state index contributed by atoms with van der Waals surface area (Å²) in [7, 11) is 0. The molecule has 0 aliphatic rings. The van der Waals surface area contributed by atoms with Gasteiger partial charge in [0.25, 0.3) is 0 Å². The highest BCUT2D eigenvalue weighted by Crippen LogP contribution is 2.34. The Kier molecular flexibility index (Phi) is 9.34. The minimum absolute atomic E-state index is 0. The van der Waals surface area contributed by atoms with Crippen molar-refractivity contribution in [3.63, 3.8) is 0 Å². The van der Waals surface area contributed by atoms with Gasteiger partial charge in [0.05, 0.1) is 0 Å². The summed E-state index contributed by atoms with van der Waals surface area (Å²) in [6.07, 6.45) is 0. The van der Waals surface area contributed by atoms with Gasteiger partial charge in [0, 0.05) is 35.4 Å². The lowest BCUT2D eigenvalue weighted by Gasteiger charge is -2.18. The molecule has 0 fully saturated rings. The van der Waals surface area contributed by atoms with Crippen molar-refractivity contribution in [2.45, 2.75) is 34.6 Å². The number of aryl methyl sites for hydroxylation is 3. The second-order valence-electron chi connectivity index (χ2n) is 7.30. The SMILES string of the molecule is CCN(CC)CCNc1ccc2[nH]c(-c3cc(C)c(O)c(C)c3)c(C)c2c1.Cl.Cl. The molecule has 0 aliphatic heterocycles. The molecule has 1 heterocycles. The first-order valence-electron chi connectivity index (χ1n) is 9.83. The quantitative estimate of drug-likeness (QED) is 0.420. The van der Waals surface area contributed by atoms with Crippen LogP contribution >= 0.6 is 24.8 Å². The fourth-order valence-corrected chi connectivity index (χ4v) is 3.72.